The first-order valence-electron chi connectivity index (χ1n) is 7.96. The number of hydrogen-bond donors (Lipinski definition) is 1. The van der Waals surface area contributed by atoms with Crippen LogP contribution >= 0.6 is 22.7 Å². The predicted molar refractivity (Wildman–Crippen MR) is 102 cm³/mol. The highest BCUT2D eigenvalue weighted by Crippen LogP contribution is 2.23. The normalized spacial score (nSPS) is 10.7. The van der Waals surface area contributed by atoms with Gasteiger partial charge in [-0.25, -0.2) is 9.97 Å². The Kier molecular flexibility index (Phi) is 5.45. The van der Waals surface area contributed by atoms with Crippen molar-refractivity contribution >= 4 is 33.7 Å². The Hall–Kier alpha value is -2.25. The Morgan fingerprint density at radius 3 is 2.56 bits per heavy atom. The smallest absolute Gasteiger partial charge is 0.257 e. The second kappa shape index (κ2) is 7.76. The summed E-state index contributed by atoms with van der Waals surface area (Å²) in [7, 11) is 0. The maximum atomic E-state index is 12.3. The van der Waals surface area contributed by atoms with E-state index in [2.05, 4.69) is 22.2 Å². The number of thiazole rings is 2. The van der Waals surface area contributed by atoms with Gasteiger partial charge in [0.05, 0.1) is 16.4 Å². The molecule has 130 valence electrons. The highest BCUT2D eigenvalue weighted by atomic mass is 32.1. The Morgan fingerprint density at radius 2 is 1.96 bits per heavy atom. The molecule has 0 unspecified atom stereocenters. The van der Waals surface area contributed by atoms with Crippen LogP contribution in [0.25, 0.3) is 0 Å². The third-order valence-corrected chi connectivity index (χ3v) is 5.37. The van der Waals surface area contributed by atoms with Crippen molar-refractivity contribution < 1.29 is 9.53 Å². The van der Waals surface area contributed by atoms with Crippen molar-refractivity contribution in [1.82, 2.24) is 9.97 Å². The molecule has 7 heteroatoms. The number of anilines is 1. The first kappa shape index (κ1) is 17.6. The summed E-state index contributed by atoms with van der Waals surface area (Å²) in [6.45, 7) is 6.46. The average molecular weight is 374 g/mol. The number of carbonyl (C=O) groups is 1. The quantitative estimate of drug-likeness (QED) is 0.685. The zero-order valence-electron chi connectivity index (χ0n) is 14.3. The van der Waals surface area contributed by atoms with E-state index >= 15 is 0 Å². The van der Waals surface area contributed by atoms with Gasteiger partial charge in [-0.15, -0.1) is 22.7 Å². The van der Waals surface area contributed by atoms with Gasteiger partial charge in [-0.05, 0) is 44.5 Å². The molecule has 0 saturated carbocycles. The van der Waals surface area contributed by atoms with E-state index in [-0.39, 0.29) is 5.91 Å². The van der Waals surface area contributed by atoms with Gasteiger partial charge in [-0.3, -0.25) is 10.1 Å². The fourth-order valence-electron chi connectivity index (χ4n) is 2.31. The lowest BCUT2D eigenvalue weighted by Crippen LogP contribution is -2.11. The summed E-state index contributed by atoms with van der Waals surface area (Å²) in [6.07, 6.45) is 0.864. The van der Waals surface area contributed by atoms with Crippen molar-refractivity contribution in [1.29, 1.82) is 0 Å². The molecule has 2 aromatic heterocycles. The first-order valence-corrected chi connectivity index (χ1v) is 9.66. The highest BCUT2D eigenvalue weighted by molar-refractivity contribution is 7.15. The number of benzene rings is 1. The number of aromatic nitrogens is 2. The molecule has 1 N–H and O–H groups in total. The van der Waals surface area contributed by atoms with Crippen LogP contribution < -0.4 is 10.1 Å². The Labute approximate surface area is 154 Å². The van der Waals surface area contributed by atoms with E-state index in [0.29, 0.717) is 23.1 Å². The van der Waals surface area contributed by atoms with E-state index in [1.807, 2.05) is 19.2 Å². The summed E-state index contributed by atoms with van der Waals surface area (Å²) in [6, 6.07) is 7.08. The van der Waals surface area contributed by atoms with E-state index in [4.69, 9.17) is 4.74 Å². The second-order valence-corrected chi connectivity index (χ2v) is 7.77. The van der Waals surface area contributed by atoms with Crippen molar-refractivity contribution in [2.45, 2.75) is 33.8 Å². The summed E-state index contributed by atoms with van der Waals surface area (Å²) in [5.41, 5.74) is 2.51. The second-order valence-electron chi connectivity index (χ2n) is 5.50. The van der Waals surface area contributed by atoms with Crippen LogP contribution in [0.15, 0.2) is 29.6 Å². The zero-order valence-corrected chi connectivity index (χ0v) is 16.0. The molecule has 0 fully saturated rings. The molecular formula is C18H19N3O2S2. The minimum atomic E-state index is -0.168. The molecule has 0 spiro atoms. The topological polar surface area (TPSA) is 64.1 Å². The van der Waals surface area contributed by atoms with Gasteiger partial charge in [-0.2, -0.15) is 0 Å². The monoisotopic (exact) mass is 373 g/mol. The molecular weight excluding hydrogens is 354 g/mol. The lowest BCUT2D eigenvalue weighted by molar-refractivity contribution is 0.102. The first-order chi connectivity index (χ1) is 12.0. The molecule has 0 aliphatic rings. The van der Waals surface area contributed by atoms with Crippen LogP contribution in [0.3, 0.4) is 0 Å². The SMILES string of the molecule is CCc1nc(NC(=O)c2ccc(OCc3csc(C)n3)cc2)sc1C. The Balaban J connectivity index is 1.59. The molecule has 3 rings (SSSR count). The highest BCUT2D eigenvalue weighted by Gasteiger charge is 2.11. The van der Waals surface area contributed by atoms with E-state index in [1.165, 1.54) is 11.3 Å². The van der Waals surface area contributed by atoms with Crippen LogP contribution in [0.5, 0.6) is 5.75 Å². The standard InChI is InChI=1S/C18H19N3O2S2/c1-4-16-11(2)25-18(20-16)21-17(22)13-5-7-15(8-6-13)23-9-14-10-24-12(3)19-14/h5-8,10H,4,9H2,1-3H3,(H,20,21,22). The molecule has 2 heterocycles. The lowest BCUT2D eigenvalue weighted by Gasteiger charge is -2.06. The average Bonchev–Trinajstić information content (AvgIpc) is 3.18. The molecule has 0 radical (unpaired) electrons. The third-order valence-electron chi connectivity index (χ3n) is 3.62. The van der Waals surface area contributed by atoms with Gasteiger partial charge in [0.1, 0.15) is 12.4 Å². The number of nitrogens with one attached hydrogen (secondary N) is 1. The van der Waals surface area contributed by atoms with E-state index in [0.717, 1.165) is 27.7 Å². The number of hydrogen-bond acceptors (Lipinski definition) is 6. The summed E-state index contributed by atoms with van der Waals surface area (Å²) in [5, 5.41) is 6.50. The Bertz CT molecular complexity index is 869. The molecule has 3 aromatic rings. The van der Waals surface area contributed by atoms with Crippen molar-refractivity contribution in [2.24, 2.45) is 0 Å². The molecule has 0 atom stereocenters. The number of aryl methyl sites for hydroxylation is 3. The molecule has 1 amide bonds. The summed E-state index contributed by atoms with van der Waals surface area (Å²) in [5.74, 6) is 0.540. The maximum Gasteiger partial charge on any atom is 0.257 e. The number of ether oxygens (including phenoxy) is 1. The predicted octanol–water partition coefficient (Wildman–Crippen LogP) is 4.61. The molecule has 1 aromatic carbocycles. The summed E-state index contributed by atoms with van der Waals surface area (Å²) in [4.78, 5) is 22.3. The summed E-state index contributed by atoms with van der Waals surface area (Å²) < 4.78 is 5.69. The van der Waals surface area contributed by atoms with Crippen LogP contribution in [-0.2, 0) is 13.0 Å². The van der Waals surface area contributed by atoms with E-state index in [1.54, 1.807) is 35.6 Å². The molecule has 0 bridgehead atoms. The minimum Gasteiger partial charge on any atom is -0.487 e. The fourth-order valence-corrected chi connectivity index (χ4v) is 3.81. The van der Waals surface area contributed by atoms with Crippen LogP contribution in [0.1, 0.15) is 38.6 Å². The van der Waals surface area contributed by atoms with Gasteiger partial charge in [-0.1, -0.05) is 6.92 Å². The van der Waals surface area contributed by atoms with E-state index in [9.17, 15) is 4.79 Å². The number of nitrogens with zero attached hydrogens (tertiary/aromatic N) is 2. The number of amides is 1. The molecule has 5 nitrogen and oxygen atoms in total. The van der Waals surface area contributed by atoms with Gasteiger partial charge in [0, 0.05) is 15.8 Å². The third kappa shape index (κ3) is 4.43. The van der Waals surface area contributed by atoms with Crippen LogP contribution in [-0.4, -0.2) is 15.9 Å². The van der Waals surface area contributed by atoms with Crippen molar-refractivity contribution in [3.05, 3.63) is 56.5 Å². The van der Waals surface area contributed by atoms with Gasteiger partial charge in [0.15, 0.2) is 5.13 Å². The molecule has 0 aliphatic carbocycles. The number of rotatable bonds is 6. The van der Waals surface area contributed by atoms with Crippen LogP contribution in [0, 0.1) is 13.8 Å². The summed E-state index contributed by atoms with van der Waals surface area (Å²) >= 11 is 3.10. The molecule has 25 heavy (non-hydrogen) atoms. The zero-order chi connectivity index (χ0) is 17.8. The maximum absolute atomic E-state index is 12.3. The van der Waals surface area contributed by atoms with Gasteiger partial charge >= 0.3 is 0 Å². The minimum absolute atomic E-state index is 0.168. The number of carbonyl (C=O) groups excluding carboxylic acids is 1. The molecule has 0 saturated heterocycles. The van der Waals surface area contributed by atoms with Crippen molar-refractivity contribution in [3.63, 3.8) is 0 Å². The fraction of sp³-hybridized carbons (Fsp3) is 0.278. The van der Waals surface area contributed by atoms with E-state index < -0.39 is 0 Å². The largest absolute Gasteiger partial charge is 0.487 e. The van der Waals surface area contributed by atoms with Gasteiger partial charge in [0.2, 0.25) is 0 Å². The van der Waals surface area contributed by atoms with Crippen LogP contribution in [0.2, 0.25) is 0 Å². The Morgan fingerprint density at radius 1 is 1.20 bits per heavy atom. The molecule has 0 aliphatic heterocycles. The van der Waals surface area contributed by atoms with Crippen molar-refractivity contribution in [2.75, 3.05) is 5.32 Å². The lowest BCUT2D eigenvalue weighted by atomic mass is 10.2. The van der Waals surface area contributed by atoms with Gasteiger partial charge < -0.3 is 4.74 Å². The van der Waals surface area contributed by atoms with Gasteiger partial charge in [0.25, 0.3) is 5.91 Å². The van der Waals surface area contributed by atoms with Crippen LogP contribution in [0.4, 0.5) is 5.13 Å². The van der Waals surface area contributed by atoms with Crippen molar-refractivity contribution in [3.8, 4) is 5.75 Å².